The summed E-state index contributed by atoms with van der Waals surface area (Å²) in [4.78, 5) is 11.2. The van der Waals surface area contributed by atoms with Crippen molar-refractivity contribution < 1.29 is 22.7 Å². The molecule has 0 aromatic rings. The molecule has 0 spiro atoms. The molecule has 110 valence electrons. The summed E-state index contributed by atoms with van der Waals surface area (Å²) >= 11 is 0. The third-order valence-electron chi connectivity index (χ3n) is 3.81. The van der Waals surface area contributed by atoms with Crippen LogP contribution in [0.2, 0.25) is 0 Å². The average Bonchev–Trinajstić information content (AvgIpc) is 2.93. The molecule has 1 heterocycles. The fourth-order valence-corrected chi connectivity index (χ4v) is 4.77. The molecule has 2 rings (SSSR count). The number of hydrogen-bond donors (Lipinski definition) is 0. The van der Waals surface area contributed by atoms with Crippen LogP contribution in [0, 0.1) is 0 Å². The van der Waals surface area contributed by atoms with Gasteiger partial charge in [0.2, 0.25) is 10.0 Å². The maximum atomic E-state index is 12.4. The predicted molar refractivity (Wildman–Crippen MR) is 69.1 cm³/mol. The van der Waals surface area contributed by atoms with Crippen molar-refractivity contribution >= 4 is 16.0 Å². The Morgan fingerprint density at radius 2 is 2.05 bits per heavy atom. The van der Waals surface area contributed by atoms with Gasteiger partial charge in [0.15, 0.2) is 0 Å². The minimum atomic E-state index is -3.24. The molecule has 1 aliphatic heterocycles. The molecular formula is C12H21NO5S. The van der Waals surface area contributed by atoms with Gasteiger partial charge in [-0.1, -0.05) is 12.8 Å². The first-order chi connectivity index (χ1) is 9.04. The van der Waals surface area contributed by atoms with Gasteiger partial charge in [-0.15, -0.1) is 0 Å². The van der Waals surface area contributed by atoms with Gasteiger partial charge in [-0.25, -0.2) is 8.42 Å². The summed E-state index contributed by atoms with van der Waals surface area (Å²) in [5.41, 5.74) is 0. The average molecular weight is 291 g/mol. The lowest BCUT2D eigenvalue weighted by molar-refractivity contribution is -0.145. The Morgan fingerprint density at radius 1 is 1.37 bits per heavy atom. The largest absolute Gasteiger partial charge is 0.469 e. The number of rotatable bonds is 4. The molecule has 0 radical (unpaired) electrons. The quantitative estimate of drug-likeness (QED) is 0.706. The van der Waals surface area contributed by atoms with E-state index in [4.69, 9.17) is 4.74 Å². The minimum Gasteiger partial charge on any atom is -0.469 e. The van der Waals surface area contributed by atoms with Gasteiger partial charge in [0.1, 0.15) is 0 Å². The first-order valence-electron chi connectivity index (χ1n) is 6.71. The van der Waals surface area contributed by atoms with Crippen LogP contribution in [0.4, 0.5) is 0 Å². The van der Waals surface area contributed by atoms with Crippen LogP contribution in [0.3, 0.4) is 0 Å². The summed E-state index contributed by atoms with van der Waals surface area (Å²) < 4.78 is 36.4. The summed E-state index contributed by atoms with van der Waals surface area (Å²) in [6.07, 6.45) is 3.19. The van der Waals surface area contributed by atoms with Gasteiger partial charge in [0.05, 0.1) is 31.5 Å². The summed E-state index contributed by atoms with van der Waals surface area (Å²) in [6.45, 7) is 0.984. The van der Waals surface area contributed by atoms with E-state index >= 15 is 0 Å². The highest BCUT2D eigenvalue weighted by atomic mass is 32.2. The molecule has 0 aromatic carbocycles. The van der Waals surface area contributed by atoms with Crippen molar-refractivity contribution in [3.05, 3.63) is 0 Å². The van der Waals surface area contributed by atoms with Crippen molar-refractivity contribution in [2.45, 2.75) is 43.5 Å². The van der Waals surface area contributed by atoms with E-state index in [-0.39, 0.29) is 24.2 Å². The van der Waals surface area contributed by atoms with E-state index in [0.717, 1.165) is 25.7 Å². The second-order valence-corrected chi connectivity index (χ2v) is 7.30. The summed E-state index contributed by atoms with van der Waals surface area (Å²) in [5, 5.41) is -0.246. The molecule has 19 heavy (non-hydrogen) atoms. The van der Waals surface area contributed by atoms with Crippen LogP contribution in [-0.4, -0.2) is 56.9 Å². The lowest BCUT2D eigenvalue weighted by atomic mass is 10.2. The summed E-state index contributed by atoms with van der Waals surface area (Å²) in [7, 11) is -1.92. The van der Waals surface area contributed by atoms with E-state index in [2.05, 4.69) is 4.74 Å². The van der Waals surface area contributed by atoms with Gasteiger partial charge in [-0.2, -0.15) is 4.31 Å². The van der Waals surface area contributed by atoms with Crippen LogP contribution in [0.25, 0.3) is 0 Å². The Kier molecular flexibility index (Phi) is 4.81. The zero-order valence-corrected chi connectivity index (χ0v) is 12.0. The van der Waals surface area contributed by atoms with Crippen LogP contribution >= 0.6 is 0 Å². The predicted octanol–water partition coefficient (Wildman–Crippen LogP) is 0.523. The van der Waals surface area contributed by atoms with Crippen molar-refractivity contribution in [1.82, 2.24) is 4.31 Å². The first kappa shape index (κ1) is 14.7. The number of carbonyl (C=O) groups excluding carboxylic acids is 1. The molecule has 6 nitrogen and oxygen atoms in total. The van der Waals surface area contributed by atoms with Crippen molar-refractivity contribution in [3.8, 4) is 0 Å². The van der Waals surface area contributed by atoms with Crippen molar-refractivity contribution in [3.63, 3.8) is 0 Å². The number of carbonyl (C=O) groups is 1. The van der Waals surface area contributed by atoms with Crippen LogP contribution in [0.15, 0.2) is 0 Å². The topological polar surface area (TPSA) is 72.9 Å². The maximum absolute atomic E-state index is 12.4. The number of ether oxygens (including phenoxy) is 2. The molecule has 0 aromatic heterocycles. The molecule has 0 N–H and O–H groups in total. The molecular weight excluding hydrogens is 270 g/mol. The Hall–Kier alpha value is -0.660. The van der Waals surface area contributed by atoms with Crippen molar-refractivity contribution in [1.29, 1.82) is 0 Å². The Labute approximate surface area is 114 Å². The van der Waals surface area contributed by atoms with E-state index < -0.39 is 16.1 Å². The molecule has 1 atom stereocenters. The van der Waals surface area contributed by atoms with Gasteiger partial charge in [-0.05, 0) is 12.8 Å². The van der Waals surface area contributed by atoms with E-state index in [9.17, 15) is 13.2 Å². The van der Waals surface area contributed by atoms with Crippen LogP contribution in [0.1, 0.15) is 32.1 Å². The van der Waals surface area contributed by atoms with Crippen molar-refractivity contribution in [2.75, 3.05) is 26.8 Å². The number of morpholine rings is 1. The Balaban J connectivity index is 1.98. The maximum Gasteiger partial charge on any atom is 0.308 e. The molecule has 7 heteroatoms. The minimum absolute atomic E-state index is 0.104. The highest BCUT2D eigenvalue weighted by Gasteiger charge is 2.37. The van der Waals surface area contributed by atoms with E-state index in [0.29, 0.717) is 13.2 Å². The molecule has 0 amide bonds. The van der Waals surface area contributed by atoms with Crippen molar-refractivity contribution in [2.24, 2.45) is 0 Å². The van der Waals surface area contributed by atoms with Crippen LogP contribution in [0.5, 0.6) is 0 Å². The molecule has 0 bridgehead atoms. The third-order valence-corrected chi connectivity index (χ3v) is 6.17. The lowest BCUT2D eigenvalue weighted by Gasteiger charge is -2.33. The number of methoxy groups -OCH3 is 1. The zero-order chi connectivity index (χ0) is 13.9. The zero-order valence-electron chi connectivity index (χ0n) is 11.2. The summed E-state index contributed by atoms with van der Waals surface area (Å²) in [6, 6.07) is 0. The Bertz CT molecular complexity index is 416. The second-order valence-electron chi connectivity index (χ2n) is 5.08. The first-order valence-corrected chi connectivity index (χ1v) is 8.21. The van der Waals surface area contributed by atoms with Gasteiger partial charge >= 0.3 is 5.97 Å². The van der Waals surface area contributed by atoms with Gasteiger partial charge in [-0.3, -0.25) is 4.79 Å². The fourth-order valence-electron chi connectivity index (χ4n) is 2.71. The van der Waals surface area contributed by atoms with Crippen LogP contribution in [-0.2, 0) is 24.3 Å². The highest BCUT2D eigenvalue weighted by Crippen LogP contribution is 2.28. The number of nitrogens with zero attached hydrogens (tertiary/aromatic N) is 1. The molecule has 2 aliphatic rings. The smallest absolute Gasteiger partial charge is 0.308 e. The number of hydrogen-bond acceptors (Lipinski definition) is 5. The highest BCUT2D eigenvalue weighted by molar-refractivity contribution is 7.89. The van der Waals surface area contributed by atoms with E-state index in [1.165, 1.54) is 11.4 Å². The third kappa shape index (κ3) is 3.46. The molecule has 1 aliphatic carbocycles. The molecule has 1 saturated carbocycles. The SMILES string of the molecule is COC(=O)CC1CN(S(=O)(=O)C2CCCC2)CCO1. The molecule has 1 unspecified atom stereocenters. The number of sulfonamides is 1. The van der Waals surface area contributed by atoms with Crippen LogP contribution < -0.4 is 0 Å². The standard InChI is InChI=1S/C12H21NO5S/c1-17-12(14)8-10-9-13(6-7-18-10)19(15,16)11-4-2-3-5-11/h10-11H,2-9H2,1H3. The lowest BCUT2D eigenvalue weighted by Crippen LogP contribution is -2.48. The summed E-state index contributed by atoms with van der Waals surface area (Å²) in [5.74, 6) is -0.370. The normalized spacial score (nSPS) is 26.5. The van der Waals surface area contributed by atoms with E-state index in [1.54, 1.807) is 0 Å². The Morgan fingerprint density at radius 3 is 2.68 bits per heavy atom. The number of esters is 1. The fraction of sp³-hybridized carbons (Fsp3) is 0.917. The molecule has 2 fully saturated rings. The van der Waals surface area contributed by atoms with E-state index in [1.807, 2.05) is 0 Å². The second kappa shape index (κ2) is 6.19. The van der Waals surface area contributed by atoms with Gasteiger partial charge in [0.25, 0.3) is 0 Å². The van der Waals surface area contributed by atoms with Gasteiger partial charge < -0.3 is 9.47 Å². The monoisotopic (exact) mass is 291 g/mol. The van der Waals surface area contributed by atoms with Gasteiger partial charge in [0, 0.05) is 13.1 Å². The molecule has 1 saturated heterocycles.